The van der Waals surface area contributed by atoms with Crippen LogP contribution < -0.4 is 4.57 Å². The van der Waals surface area contributed by atoms with Crippen molar-refractivity contribution in [2.24, 2.45) is 7.05 Å². The van der Waals surface area contributed by atoms with E-state index in [9.17, 15) is 13.2 Å². The zero-order valence-corrected chi connectivity index (χ0v) is 26.5. The van der Waals surface area contributed by atoms with Crippen molar-refractivity contribution in [2.45, 2.75) is 52.6 Å². The van der Waals surface area contributed by atoms with Gasteiger partial charge in [0.2, 0.25) is 0 Å². The van der Waals surface area contributed by atoms with Gasteiger partial charge in [-0.2, -0.15) is 17.7 Å². The number of aromatic nitrogens is 2. The minimum absolute atomic E-state index is 0.0166. The minimum atomic E-state index is -4.47. The molecule has 0 unspecified atom stereocenters. The molecule has 2 heterocycles. The summed E-state index contributed by atoms with van der Waals surface area (Å²) in [5.74, 6) is 1.04. The Labute approximate surface area is 265 Å². The first-order valence-electron chi connectivity index (χ1n) is 15.4. The van der Waals surface area contributed by atoms with Crippen molar-refractivity contribution in [1.29, 1.82) is 0 Å². The fraction of sp³-hybridized carbons (Fsp3) is 0.231. The number of aryl methyl sites for hydroxylation is 2. The molecule has 0 N–H and O–H groups in total. The summed E-state index contributed by atoms with van der Waals surface area (Å²) in [4.78, 5) is 3.66. The number of fused-ring (bicyclic) bond motifs is 5. The predicted molar refractivity (Wildman–Crippen MR) is 179 cm³/mol. The van der Waals surface area contributed by atoms with Crippen LogP contribution in [0.15, 0.2) is 83.3 Å². The highest BCUT2D eigenvalue weighted by molar-refractivity contribution is 6.08. The lowest BCUT2D eigenvalue weighted by molar-refractivity contribution is -0.633. The number of furan rings is 1. The summed E-state index contributed by atoms with van der Waals surface area (Å²) in [7, 11) is 2.07. The van der Waals surface area contributed by atoms with Crippen molar-refractivity contribution in [3.05, 3.63) is 113 Å². The molecule has 0 amide bonds. The summed E-state index contributed by atoms with van der Waals surface area (Å²) in [5.41, 5.74) is 7.85. The standard InChI is InChI=1S/C39H33F3N3O/c1-21(2)29-20-31-28-15-13-26(39(40,41)42)19-34(28)46-37(31)35(22(3)4)36(29)45-33-11-9-8-10-32(33)44(7)38(45)30-18-25-17-27(43-6)14-12-24(25)16-23(30)5/h8-22H,1-5,7H3/q+1. The zero-order valence-electron chi connectivity index (χ0n) is 26.5. The molecular weight excluding hydrogens is 583 g/mol. The van der Waals surface area contributed by atoms with E-state index in [-0.39, 0.29) is 17.4 Å². The van der Waals surface area contributed by atoms with E-state index in [4.69, 9.17) is 11.0 Å². The van der Waals surface area contributed by atoms with E-state index in [2.05, 4.69) is 86.0 Å². The van der Waals surface area contributed by atoms with Crippen molar-refractivity contribution < 1.29 is 22.2 Å². The molecule has 0 aliphatic heterocycles. The molecule has 4 nitrogen and oxygen atoms in total. The second-order valence-electron chi connectivity index (χ2n) is 12.7. The van der Waals surface area contributed by atoms with Crippen LogP contribution in [0.4, 0.5) is 18.9 Å². The Morgan fingerprint density at radius 1 is 0.848 bits per heavy atom. The van der Waals surface area contributed by atoms with Crippen LogP contribution in [0.2, 0.25) is 0 Å². The first-order chi connectivity index (χ1) is 21.9. The molecule has 46 heavy (non-hydrogen) atoms. The average molecular weight is 617 g/mol. The predicted octanol–water partition coefficient (Wildman–Crippen LogP) is 11.3. The molecule has 0 aliphatic rings. The van der Waals surface area contributed by atoms with Crippen LogP contribution >= 0.6 is 0 Å². The maximum absolute atomic E-state index is 13.7. The molecular formula is C39H33F3N3O+. The van der Waals surface area contributed by atoms with E-state index in [0.29, 0.717) is 16.7 Å². The Bertz CT molecular complexity index is 2400. The average Bonchev–Trinajstić information content (AvgIpc) is 3.53. The monoisotopic (exact) mass is 616 g/mol. The van der Waals surface area contributed by atoms with Gasteiger partial charge in [-0.3, -0.25) is 0 Å². The number of halogens is 3. The Morgan fingerprint density at radius 2 is 1.61 bits per heavy atom. The number of para-hydroxylation sites is 2. The Balaban J connectivity index is 1.65. The van der Waals surface area contributed by atoms with Gasteiger partial charge in [0, 0.05) is 21.9 Å². The molecule has 0 atom stereocenters. The lowest BCUT2D eigenvalue weighted by Crippen LogP contribution is -2.30. The normalized spacial score (nSPS) is 12.4. The van der Waals surface area contributed by atoms with Gasteiger partial charge >= 0.3 is 6.18 Å². The van der Waals surface area contributed by atoms with Gasteiger partial charge in [-0.15, -0.1) is 0 Å². The molecule has 0 saturated heterocycles. The fourth-order valence-corrected chi connectivity index (χ4v) is 6.90. The van der Waals surface area contributed by atoms with Gasteiger partial charge in [-0.1, -0.05) is 58.0 Å². The van der Waals surface area contributed by atoms with Crippen molar-refractivity contribution >= 4 is 49.4 Å². The van der Waals surface area contributed by atoms with Crippen LogP contribution in [0, 0.1) is 13.5 Å². The number of hydrogen-bond donors (Lipinski definition) is 0. The second kappa shape index (κ2) is 10.5. The minimum Gasteiger partial charge on any atom is -0.456 e. The van der Waals surface area contributed by atoms with Gasteiger partial charge in [0.15, 0.2) is 16.7 Å². The van der Waals surface area contributed by atoms with E-state index in [1.165, 1.54) is 6.07 Å². The van der Waals surface area contributed by atoms with E-state index in [1.54, 1.807) is 0 Å². The lowest BCUT2D eigenvalue weighted by Gasteiger charge is -2.19. The third-order valence-corrected chi connectivity index (χ3v) is 9.10. The highest BCUT2D eigenvalue weighted by Crippen LogP contribution is 2.45. The Kier molecular flexibility index (Phi) is 6.75. The third kappa shape index (κ3) is 4.47. The van der Waals surface area contributed by atoms with Gasteiger partial charge in [0.05, 0.1) is 24.7 Å². The van der Waals surface area contributed by atoms with Crippen LogP contribution in [0.25, 0.3) is 65.7 Å². The van der Waals surface area contributed by atoms with E-state index < -0.39 is 11.7 Å². The Morgan fingerprint density at radius 3 is 2.30 bits per heavy atom. The van der Waals surface area contributed by atoms with E-state index in [0.717, 1.165) is 73.1 Å². The van der Waals surface area contributed by atoms with Gasteiger partial charge in [0.25, 0.3) is 5.82 Å². The summed E-state index contributed by atoms with van der Waals surface area (Å²) < 4.78 is 52.0. The molecule has 0 radical (unpaired) electrons. The van der Waals surface area contributed by atoms with Gasteiger partial charge in [-0.05, 0) is 83.6 Å². The molecule has 0 bridgehead atoms. The molecule has 2 aromatic heterocycles. The molecule has 7 aromatic rings. The smallest absolute Gasteiger partial charge is 0.416 e. The highest BCUT2D eigenvalue weighted by Gasteiger charge is 2.35. The van der Waals surface area contributed by atoms with Crippen molar-refractivity contribution in [3.8, 4) is 17.1 Å². The fourth-order valence-electron chi connectivity index (χ4n) is 6.90. The molecule has 0 saturated carbocycles. The van der Waals surface area contributed by atoms with E-state index in [1.807, 2.05) is 30.3 Å². The quantitative estimate of drug-likeness (QED) is 0.143. The zero-order chi connectivity index (χ0) is 32.7. The molecule has 5 aromatic carbocycles. The van der Waals surface area contributed by atoms with Crippen molar-refractivity contribution in [3.63, 3.8) is 0 Å². The van der Waals surface area contributed by atoms with Crippen molar-refractivity contribution in [1.82, 2.24) is 4.57 Å². The van der Waals surface area contributed by atoms with Crippen molar-refractivity contribution in [2.75, 3.05) is 0 Å². The summed E-state index contributed by atoms with van der Waals surface area (Å²) in [5, 5.41) is 3.53. The molecule has 0 fully saturated rings. The van der Waals surface area contributed by atoms with Crippen LogP contribution in [0.3, 0.4) is 0 Å². The summed E-state index contributed by atoms with van der Waals surface area (Å²) in [6, 6.07) is 24.2. The summed E-state index contributed by atoms with van der Waals surface area (Å²) >= 11 is 0. The SMILES string of the molecule is [C-]#[N+]c1ccc2cc(C)c(-c3n(-c4c(C(C)C)cc5c(oc6cc(C(F)(F)F)ccc65)c4C(C)C)c4ccccc4[n+]3C)cc2c1. The van der Waals surface area contributed by atoms with Crippen LogP contribution in [0.1, 0.15) is 61.8 Å². The maximum atomic E-state index is 13.7. The largest absolute Gasteiger partial charge is 0.456 e. The highest BCUT2D eigenvalue weighted by atomic mass is 19.4. The van der Waals surface area contributed by atoms with Gasteiger partial charge in [-0.25, -0.2) is 9.41 Å². The van der Waals surface area contributed by atoms with Crippen LogP contribution in [0.5, 0.6) is 0 Å². The molecule has 7 rings (SSSR count). The van der Waals surface area contributed by atoms with Gasteiger partial charge < -0.3 is 4.42 Å². The molecule has 0 spiro atoms. The van der Waals surface area contributed by atoms with Crippen LogP contribution in [-0.2, 0) is 13.2 Å². The first-order valence-corrected chi connectivity index (χ1v) is 15.4. The number of nitrogens with zero attached hydrogens (tertiary/aromatic N) is 3. The lowest BCUT2D eigenvalue weighted by atomic mass is 9.89. The Hall–Kier alpha value is -5.09. The van der Waals surface area contributed by atoms with Crippen LogP contribution in [-0.4, -0.2) is 4.57 Å². The molecule has 7 heteroatoms. The number of alkyl halides is 3. The summed E-state index contributed by atoms with van der Waals surface area (Å²) in [6.07, 6.45) is -4.47. The topological polar surface area (TPSA) is 26.3 Å². The first kappa shape index (κ1) is 29.6. The second-order valence-corrected chi connectivity index (χ2v) is 12.7. The molecule has 230 valence electrons. The summed E-state index contributed by atoms with van der Waals surface area (Å²) in [6.45, 7) is 18.2. The molecule has 0 aliphatic carbocycles. The number of hydrogen-bond acceptors (Lipinski definition) is 1. The maximum Gasteiger partial charge on any atom is 0.416 e. The number of benzene rings is 5. The third-order valence-electron chi connectivity index (χ3n) is 9.10. The number of imidazole rings is 1. The number of rotatable bonds is 4. The van der Waals surface area contributed by atoms with Gasteiger partial charge in [0.1, 0.15) is 16.9 Å². The van der Waals surface area contributed by atoms with E-state index >= 15 is 0 Å².